The molecule has 1 atom stereocenters. The lowest BCUT2D eigenvalue weighted by Gasteiger charge is -2.34. The Labute approximate surface area is 117 Å². The molecule has 5 heteroatoms. The minimum atomic E-state index is -1.50. The van der Waals surface area contributed by atoms with Crippen LogP contribution in [-0.4, -0.2) is 23.5 Å². The van der Waals surface area contributed by atoms with Crippen LogP contribution in [0.3, 0.4) is 0 Å². The van der Waals surface area contributed by atoms with Crippen molar-refractivity contribution in [2.24, 2.45) is 0 Å². The highest BCUT2D eigenvalue weighted by molar-refractivity contribution is 6.15. The Morgan fingerprint density at radius 1 is 1.35 bits per heavy atom. The Kier molecular flexibility index (Phi) is 3.12. The van der Waals surface area contributed by atoms with Crippen LogP contribution in [-0.2, 0) is 9.59 Å². The number of amides is 2. The molecule has 1 aliphatic carbocycles. The van der Waals surface area contributed by atoms with E-state index in [1.807, 2.05) is 12.1 Å². The number of carbonyl (C=O) groups excluding carboxylic acids is 2. The summed E-state index contributed by atoms with van der Waals surface area (Å²) in [7, 11) is 0. The van der Waals surface area contributed by atoms with Gasteiger partial charge < -0.3 is 15.4 Å². The molecule has 0 spiro atoms. The normalized spacial score (nSPS) is 25.6. The zero-order chi connectivity index (χ0) is 14.2. The van der Waals surface area contributed by atoms with Crippen LogP contribution in [0.15, 0.2) is 24.3 Å². The molecule has 1 aromatic carbocycles. The Balaban J connectivity index is 1.80. The summed E-state index contributed by atoms with van der Waals surface area (Å²) in [6.45, 7) is 1.52. The van der Waals surface area contributed by atoms with E-state index in [-0.39, 0.29) is 11.9 Å². The monoisotopic (exact) mass is 274 g/mol. The first-order valence-corrected chi connectivity index (χ1v) is 7.00. The minimum absolute atomic E-state index is 0.160. The number of rotatable bonds is 2. The average Bonchev–Trinajstić information content (AvgIpc) is 2.93. The Morgan fingerprint density at radius 3 is 2.80 bits per heavy atom. The molecule has 1 aliphatic heterocycles. The summed E-state index contributed by atoms with van der Waals surface area (Å²) in [5, 5.41) is 5.66. The summed E-state index contributed by atoms with van der Waals surface area (Å²) in [4.78, 5) is 24.6. The van der Waals surface area contributed by atoms with Gasteiger partial charge >= 0.3 is 0 Å². The van der Waals surface area contributed by atoms with Gasteiger partial charge in [0.1, 0.15) is 5.75 Å². The molecular formula is C15H18N2O3. The number of hydrogen-bond acceptors (Lipinski definition) is 3. The van der Waals surface area contributed by atoms with Gasteiger partial charge in [-0.3, -0.25) is 9.59 Å². The van der Waals surface area contributed by atoms with Gasteiger partial charge in [0.05, 0.1) is 5.69 Å². The Morgan fingerprint density at radius 2 is 2.05 bits per heavy atom. The summed E-state index contributed by atoms with van der Waals surface area (Å²) >= 11 is 0. The molecule has 106 valence electrons. The van der Waals surface area contributed by atoms with E-state index in [0.717, 1.165) is 25.7 Å². The van der Waals surface area contributed by atoms with Crippen molar-refractivity contribution in [3.05, 3.63) is 24.3 Å². The fraction of sp³-hybridized carbons (Fsp3) is 0.467. The second kappa shape index (κ2) is 4.81. The molecule has 2 N–H and O–H groups in total. The second-order valence-electron chi connectivity index (χ2n) is 5.54. The van der Waals surface area contributed by atoms with E-state index in [9.17, 15) is 9.59 Å². The number of fused-ring (bicyclic) bond motifs is 1. The molecule has 0 saturated heterocycles. The lowest BCUT2D eigenvalue weighted by Crippen LogP contribution is -2.60. The maximum absolute atomic E-state index is 12.4. The lowest BCUT2D eigenvalue weighted by molar-refractivity contribution is -0.147. The minimum Gasteiger partial charge on any atom is -0.466 e. The predicted octanol–water partition coefficient (Wildman–Crippen LogP) is 1.83. The third-order valence-corrected chi connectivity index (χ3v) is 4.01. The molecule has 0 bridgehead atoms. The molecule has 1 unspecified atom stereocenters. The number of hydrogen-bond donors (Lipinski definition) is 2. The van der Waals surface area contributed by atoms with Gasteiger partial charge in [0.25, 0.3) is 17.4 Å². The van der Waals surface area contributed by atoms with Crippen LogP contribution in [0, 0.1) is 0 Å². The quantitative estimate of drug-likeness (QED) is 0.809. The molecule has 20 heavy (non-hydrogen) atoms. The second-order valence-corrected chi connectivity index (χ2v) is 5.54. The molecule has 2 aliphatic rings. The van der Waals surface area contributed by atoms with Crippen LogP contribution >= 0.6 is 0 Å². The number of nitrogens with one attached hydrogen (secondary N) is 2. The van der Waals surface area contributed by atoms with E-state index in [2.05, 4.69) is 10.6 Å². The van der Waals surface area contributed by atoms with Crippen LogP contribution in [0.5, 0.6) is 5.75 Å². The van der Waals surface area contributed by atoms with Crippen molar-refractivity contribution >= 4 is 17.5 Å². The molecular weight excluding hydrogens is 256 g/mol. The van der Waals surface area contributed by atoms with E-state index in [0.29, 0.717) is 11.4 Å². The maximum atomic E-state index is 12.4. The molecule has 1 saturated carbocycles. The topological polar surface area (TPSA) is 67.4 Å². The summed E-state index contributed by atoms with van der Waals surface area (Å²) < 4.78 is 5.68. The largest absolute Gasteiger partial charge is 0.466 e. The van der Waals surface area contributed by atoms with Crippen LogP contribution < -0.4 is 15.4 Å². The first-order chi connectivity index (χ1) is 9.59. The van der Waals surface area contributed by atoms with Crippen LogP contribution in [0.4, 0.5) is 5.69 Å². The molecule has 2 amide bonds. The molecule has 0 radical (unpaired) electrons. The highest BCUT2D eigenvalue weighted by Crippen LogP contribution is 2.33. The van der Waals surface area contributed by atoms with Gasteiger partial charge in [0.15, 0.2) is 0 Å². The average molecular weight is 274 g/mol. The third kappa shape index (κ3) is 2.13. The summed E-state index contributed by atoms with van der Waals surface area (Å²) in [6.07, 6.45) is 4.19. The maximum Gasteiger partial charge on any atom is 0.278 e. The van der Waals surface area contributed by atoms with E-state index in [1.165, 1.54) is 6.92 Å². The highest BCUT2D eigenvalue weighted by atomic mass is 16.5. The van der Waals surface area contributed by atoms with Gasteiger partial charge in [0, 0.05) is 6.04 Å². The third-order valence-electron chi connectivity index (χ3n) is 4.01. The van der Waals surface area contributed by atoms with Crippen LogP contribution in [0.1, 0.15) is 32.6 Å². The Bertz CT molecular complexity index is 552. The molecule has 1 fully saturated rings. The van der Waals surface area contributed by atoms with Gasteiger partial charge in [-0.05, 0) is 31.9 Å². The summed E-state index contributed by atoms with van der Waals surface area (Å²) in [5.41, 5.74) is -0.902. The number of ether oxygens (including phenoxy) is 1. The first-order valence-electron chi connectivity index (χ1n) is 7.00. The van der Waals surface area contributed by atoms with Crippen molar-refractivity contribution in [3.8, 4) is 5.75 Å². The van der Waals surface area contributed by atoms with Crippen molar-refractivity contribution in [2.75, 3.05) is 5.32 Å². The number of carbonyl (C=O) groups is 2. The van der Waals surface area contributed by atoms with E-state index in [4.69, 9.17) is 4.74 Å². The Hall–Kier alpha value is -2.04. The van der Waals surface area contributed by atoms with Crippen molar-refractivity contribution < 1.29 is 14.3 Å². The zero-order valence-electron chi connectivity index (χ0n) is 11.4. The highest BCUT2D eigenvalue weighted by Gasteiger charge is 2.47. The predicted molar refractivity (Wildman–Crippen MR) is 74.5 cm³/mol. The number of para-hydroxylation sites is 2. The standard InChI is InChI=1S/C15H18N2O3/c1-15(13(18)16-10-6-2-3-7-10)14(19)17-11-8-4-5-9-12(11)20-15/h4-5,8-10H,2-3,6-7H2,1H3,(H,16,18)(H,17,19). The van der Waals surface area contributed by atoms with E-state index < -0.39 is 11.5 Å². The van der Waals surface area contributed by atoms with Crippen molar-refractivity contribution in [2.45, 2.75) is 44.2 Å². The van der Waals surface area contributed by atoms with Gasteiger partial charge in [0.2, 0.25) is 0 Å². The lowest BCUT2D eigenvalue weighted by atomic mass is 10.0. The molecule has 5 nitrogen and oxygen atoms in total. The smallest absolute Gasteiger partial charge is 0.278 e. The SMILES string of the molecule is CC1(C(=O)NC2CCCC2)Oc2ccccc2NC1=O. The molecule has 0 aromatic heterocycles. The fourth-order valence-electron chi connectivity index (χ4n) is 2.71. The number of benzene rings is 1. The van der Waals surface area contributed by atoms with Crippen LogP contribution in [0.25, 0.3) is 0 Å². The van der Waals surface area contributed by atoms with Gasteiger partial charge in [-0.1, -0.05) is 25.0 Å². The molecule has 3 rings (SSSR count). The van der Waals surface area contributed by atoms with Crippen molar-refractivity contribution in [1.82, 2.24) is 5.32 Å². The van der Waals surface area contributed by atoms with Crippen molar-refractivity contribution in [1.29, 1.82) is 0 Å². The first kappa shape index (κ1) is 13.0. The van der Waals surface area contributed by atoms with E-state index in [1.54, 1.807) is 12.1 Å². The van der Waals surface area contributed by atoms with Gasteiger partial charge in [-0.2, -0.15) is 0 Å². The molecule has 1 heterocycles. The fourth-order valence-corrected chi connectivity index (χ4v) is 2.71. The van der Waals surface area contributed by atoms with Gasteiger partial charge in [-0.25, -0.2) is 0 Å². The summed E-state index contributed by atoms with van der Waals surface area (Å²) in [5.74, 6) is -0.265. The molecule has 1 aromatic rings. The van der Waals surface area contributed by atoms with E-state index >= 15 is 0 Å². The summed E-state index contributed by atoms with van der Waals surface area (Å²) in [6, 6.07) is 7.28. The zero-order valence-corrected chi connectivity index (χ0v) is 11.4. The van der Waals surface area contributed by atoms with Crippen LogP contribution in [0.2, 0.25) is 0 Å². The van der Waals surface area contributed by atoms with Gasteiger partial charge in [-0.15, -0.1) is 0 Å². The number of anilines is 1. The van der Waals surface area contributed by atoms with Crippen molar-refractivity contribution in [3.63, 3.8) is 0 Å².